The Hall–Kier alpha value is -4.54. The minimum absolute atomic E-state index is 0. The number of rotatable bonds is 3. The van der Waals surface area contributed by atoms with Gasteiger partial charge in [0.2, 0.25) is 0 Å². The third kappa shape index (κ3) is 4.09. The van der Waals surface area contributed by atoms with E-state index in [1.54, 1.807) is 12.4 Å². The predicted molar refractivity (Wildman–Crippen MR) is 163 cm³/mol. The molecule has 0 atom stereocenters. The molecule has 0 N–H and O–H groups in total. The van der Waals surface area contributed by atoms with Crippen LogP contribution in [-0.4, -0.2) is 23.9 Å². The molecule has 7 heteroatoms. The summed E-state index contributed by atoms with van der Waals surface area (Å²) in [5.41, 5.74) is 4.65. The van der Waals surface area contributed by atoms with Crippen molar-refractivity contribution in [2.24, 2.45) is 0 Å². The number of benzene rings is 3. The van der Waals surface area contributed by atoms with Gasteiger partial charge in [0.15, 0.2) is 0 Å². The average molecular weight is 727 g/mol. The molecule has 206 valence electrons. The van der Waals surface area contributed by atoms with Crippen molar-refractivity contribution in [2.45, 2.75) is 26.2 Å². The fourth-order valence-corrected chi connectivity index (χ4v) is 5.63. The monoisotopic (exact) mass is 726 g/mol. The van der Waals surface area contributed by atoms with Crippen molar-refractivity contribution in [3.8, 4) is 17.3 Å². The third-order valence-corrected chi connectivity index (χ3v) is 7.60. The zero-order chi connectivity index (χ0) is 27.7. The molecular formula is C35H25N5OPt. The van der Waals surface area contributed by atoms with Gasteiger partial charge in [-0.15, -0.1) is 29.7 Å². The van der Waals surface area contributed by atoms with Crippen LogP contribution in [0, 0.1) is 12.1 Å². The minimum atomic E-state index is -0.0558. The van der Waals surface area contributed by atoms with E-state index in [-0.39, 0.29) is 26.5 Å². The fraction of sp³-hybridized carbons (Fsp3) is 0.114. The van der Waals surface area contributed by atoms with Gasteiger partial charge in [-0.25, -0.2) is 9.97 Å². The molecule has 0 radical (unpaired) electrons. The summed E-state index contributed by atoms with van der Waals surface area (Å²) in [5.74, 6) is 2.03. The Morgan fingerprint density at radius 1 is 0.690 bits per heavy atom. The molecule has 5 heterocycles. The molecule has 0 aliphatic heterocycles. The molecule has 0 amide bonds. The SMILES string of the molecule is CC(C)(C)c1ccc2c3ccc(Oc4[c-]c5c(cc4)c4ccccc4n5-c4ccccn4)[c-]c3c3nccn3c2n1.[Pt+2]. The van der Waals surface area contributed by atoms with E-state index < -0.39 is 0 Å². The maximum Gasteiger partial charge on any atom is 2.00 e. The van der Waals surface area contributed by atoms with E-state index in [4.69, 9.17) is 9.72 Å². The maximum absolute atomic E-state index is 6.39. The number of pyridine rings is 3. The van der Waals surface area contributed by atoms with E-state index in [2.05, 4.69) is 89.9 Å². The van der Waals surface area contributed by atoms with Gasteiger partial charge >= 0.3 is 21.1 Å². The Labute approximate surface area is 256 Å². The molecule has 0 saturated heterocycles. The number of ether oxygens (including phenoxy) is 1. The van der Waals surface area contributed by atoms with Crippen molar-refractivity contribution in [1.82, 2.24) is 23.9 Å². The van der Waals surface area contributed by atoms with Crippen LogP contribution in [0.4, 0.5) is 0 Å². The van der Waals surface area contributed by atoms with Gasteiger partial charge in [0.05, 0.1) is 5.65 Å². The third-order valence-electron chi connectivity index (χ3n) is 7.60. The number of imidazole rings is 1. The van der Waals surface area contributed by atoms with Crippen LogP contribution in [0.3, 0.4) is 0 Å². The van der Waals surface area contributed by atoms with Crippen molar-refractivity contribution >= 4 is 49.3 Å². The zero-order valence-electron chi connectivity index (χ0n) is 23.2. The Morgan fingerprint density at radius 3 is 2.26 bits per heavy atom. The molecule has 0 spiro atoms. The predicted octanol–water partition coefficient (Wildman–Crippen LogP) is 8.22. The van der Waals surface area contributed by atoms with Gasteiger partial charge in [-0.1, -0.05) is 73.5 Å². The van der Waals surface area contributed by atoms with Gasteiger partial charge in [0.1, 0.15) is 11.5 Å². The largest absolute Gasteiger partial charge is 2.00 e. The van der Waals surface area contributed by atoms with Crippen molar-refractivity contribution in [1.29, 1.82) is 0 Å². The van der Waals surface area contributed by atoms with Gasteiger partial charge in [-0.05, 0) is 35.0 Å². The standard InChI is InChI=1S/C35H25N5O.Pt/c1-35(2,3)31-16-15-27-24-13-11-22(20-28(24)33-37-18-19-39(33)34(27)38-31)41-23-12-14-26-25-8-4-5-9-29(25)40(30(26)21-23)32-10-6-7-17-36-32;/h4-19H,1-3H3;/q-2;+2. The second-order valence-electron chi connectivity index (χ2n) is 11.3. The molecule has 0 fully saturated rings. The van der Waals surface area contributed by atoms with Crippen LogP contribution in [0.25, 0.3) is 55.1 Å². The zero-order valence-corrected chi connectivity index (χ0v) is 25.5. The van der Waals surface area contributed by atoms with Crippen molar-refractivity contribution in [3.63, 3.8) is 0 Å². The van der Waals surface area contributed by atoms with Crippen molar-refractivity contribution in [2.75, 3.05) is 0 Å². The quantitative estimate of drug-likeness (QED) is 0.136. The van der Waals surface area contributed by atoms with E-state index in [9.17, 15) is 0 Å². The number of hydrogen-bond acceptors (Lipinski definition) is 4. The molecule has 0 aliphatic rings. The summed E-state index contributed by atoms with van der Waals surface area (Å²) < 4.78 is 10.5. The topological polar surface area (TPSA) is 57.2 Å². The maximum atomic E-state index is 6.39. The van der Waals surface area contributed by atoms with Crippen molar-refractivity contribution < 1.29 is 25.8 Å². The Bertz CT molecular complexity index is 2280. The molecule has 8 rings (SSSR count). The second-order valence-corrected chi connectivity index (χ2v) is 11.3. The van der Waals surface area contributed by atoms with Gasteiger partial charge in [0, 0.05) is 46.7 Å². The number of para-hydroxylation sites is 1. The van der Waals surface area contributed by atoms with Crippen LogP contribution in [0.2, 0.25) is 0 Å². The molecule has 0 bridgehead atoms. The summed E-state index contributed by atoms with van der Waals surface area (Å²) in [7, 11) is 0. The van der Waals surface area contributed by atoms with Gasteiger partial charge in [-0.2, -0.15) is 6.07 Å². The first-order valence-electron chi connectivity index (χ1n) is 13.6. The van der Waals surface area contributed by atoms with E-state index in [0.717, 1.165) is 60.8 Å². The van der Waals surface area contributed by atoms with E-state index in [0.29, 0.717) is 11.5 Å². The van der Waals surface area contributed by atoms with Crippen LogP contribution in [0.5, 0.6) is 11.5 Å². The van der Waals surface area contributed by atoms with E-state index in [1.807, 2.05) is 47.0 Å². The van der Waals surface area contributed by atoms with Crippen LogP contribution in [0.1, 0.15) is 26.5 Å². The number of nitrogens with zero attached hydrogens (tertiary/aromatic N) is 5. The molecule has 5 aromatic heterocycles. The average Bonchev–Trinajstić information content (AvgIpc) is 3.60. The van der Waals surface area contributed by atoms with E-state index in [1.165, 1.54) is 0 Å². The summed E-state index contributed by atoms with van der Waals surface area (Å²) in [5, 5.41) is 5.20. The fourth-order valence-electron chi connectivity index (χ4n) is 5.63. The summed E-state index contributed by atoms with van der Waals surface area (Å²) in [6, 6.07) is 33.6. The first-order chi connectivity index (χ1) is 20.0. The van der Waals surface area contributed by atoms with Gasteiger partial charge < -0.3 is 13.7 Å². The molecule has 6 nitrogen and oxygen atoms in total. The smallest absolute Gasteiger partial charge is 0.503 e. The normalized spacial score (nSPS) is 12.0. The first-order valence-corrected chi connectivity index (χ1v) is 13.6. The van der Waals surface area contributed by atoms with E-state index >= 15 is 0 Å². The second kappa shape index (κ2) is 9.78. The van der Waals surface area contributed by atoms with Crippen molar-refractivity contribution in [3.05, 3.63) is 115 Å². The first kappa shape index (κ1) is 26.4. The molecule has 8 aromatic rings. The van der Waals surface area contributed by atoms with Crippen LogP contribution >= 0.6 is 0 Å². The molecule has 0 unspecified atom stereocenters. The van der Waals surface area contributed by atoms with Gasteiger partial charge in [0.25, 0.3) is 0 Å². The Kier molecular flexibility index (Phi) is 6.14. The van der Waals surface area contributed by atoms with Crippen LogP contribution < -0.4 is 4.74 Å². The number of hydrogen-bond donors (Lipinski definition) is 0. The minimum Gasteiger partial charge on any atom is -0.503 e. The summed E-state index contributed by atoms with van der Waals surface area (Å²) >= 11 is 0. The molecule has 42 heavy (non-hydrogen) atoms. The summed E-state index contributed by atoms with van der Waals surface area (Å²) in [4.78, 5) is 14.3. The summed E-state index contributed by atoms with van der Waals surface area (Å²) in [6.45, 7) is 6.53. The van der Waals surface area contributed by atoms with Crippen LogP contribution in [-0.2, 0) is 26.5 Å². The number of aromatic nitrogens is 5. The molecule has 3 aromatic carbocycles. The number of fused-ring (bicyclic) bond motifs is 9. The van der Waals surface area contributed by atoms with Crippen LogP contribution in [0.15, 0.2) is 97.5 Å². The Morgan fingerprint density at radius 2 is 1.45 bits per heavy atom. The van der Waals surface area contributed by atoms with Gasteiger partial charge in [-0.3, -0.25) is 4.98 Å². The summed E-state index contributed by atoms with van der Waals surface area (Å²) in [6.07, 6.45) is 5.56. The Balaban J connectivity index is 0.00000288. The molecule has 0 aliphatic carbocycles. The molecule has 0 saturated carbocycles. The molecular weight excluding hydrogens is 701 g/mol.